The Morgan fingerprint density at radius 2 is 1.76 bits per heavy atom. The fourth-order valence-electron chi connectivity index (χ4n) is 5.07. The highest BCUT2D eigenvalue weighted by Gasteiger charge is 2.43. The zero-order valence-electron chi connectivity index (χ0n) is 19.6. The van der Waals surface area contributed by atoms with Crippen LogP contribution in [0.5, 0.6) is 5.75 Å². The van der Waals surface area contributed by atoms with Gasteiger partial charge in [-0.3, -0.25) is 9.59 Å². The third-order valence-corrected chi connectivity index (χ3v) is 7.21. The fourth-order valence-corrected chi connectivity index (χ4v) is 5.25. The van der Waals surface area contributed by atoms with Gasteiger partial charge in [0.05, 0.1) is 5.56 Å². The smallest absolute Gasteiger partial charge is 0.263 e. The molecule has 2 N–H and O–H groups in total. The van der Waals surface area contributed by atoms with E-state index in [1.54, 1.807) is 44.3 Å². The summed E-state index contributed by atoms with van der Waals surface area (Å²) in [5.41, 5.74) is -0.411. The van der Waals surface area contributed by atoms with Crippen molar-refractivity contribution in [3.63, 3.8) is 0 Å². The van der Waals surface area contributed by atoms with E-state index >= 15 is 0 Å². The molecule has 0 spiro atoms. The molecule has 1 aliphatic carbocycles. The summed E-state index contributed by atoms with van der Waals surface area (Å²) in [4.78, 5) is 32.3. The molecule has 1 aromatic carbocycles. The Kier molecular flexibility index (Phi) is 6.15. The van der Waals surface area contributed by atoms with E-state index in [1.165, 1.54) is 0 Å². The van der Waals surface area contributed by atoms with E-state index in [-0.39, 0.29) is 17.9 Å². The minimum absolute atomic E-state index is 0.0476. The zero-order valence-corrected chi connectivity index (χ0v) is 20.3. The molecule has 180 valence electrons. The number of carbonyl (C=O) groups is 2. The van der Waals surface area contributed by atoms with E-state index in [1.807, 2.05) is 12.1 Å². The molecule has 2 amide bonds. The third kappa shape index (κ3) is 4.99. The maximum absolute atomic E-state index is 13.1. The van der Waals surface area contributed by atoms with Crippen molar-refractivity contribution in [1.82, 2.24) is 15.6 Å². The monoisotopic (exact) mass is 482 g/mol. The number of ether oxygens (including phenoxy) is 1. The standard InChI is InChI=1S/C26H31ClN4O3/c1-26(2,34-22-5-3-4-17(27)12-22)25(33)30-19-13-20-9-10-21(14-19)31(20)23-11-6-16(15-28-23)24(32)29-18-7-8-18/h3-6,11-12,15,18-21H,7-10,13-14H2,1-2H3,(H,29,32)(H,30,33)/t19?,20-,21+. The summed E-state index contributed by atoms with van der Waals surface area (Å²) in [6.45, 7) is 3.55. The number of aromatic nitrogens is 1. The van der Waals surface area contributed by atoms with E-state index in [2.05, 4.69) is 20.5 Å². The molecule has 3 heterocycles. The Morgan fingerprint density at radius 1 is 1.03 bits per heavy atom. The molecule has 2 aromatic rings. The second-order valence-electron chi connectivity index (χ2n) is 10.2. The molecule has 1 unspecified atom stereocenters. The van der Waals surface area contributed by atoms with E-state index in [0.29, 0.717) is 34.5 Å². The minimum atomic E-state index is -1.01. The van der Waals surface area contributed by atoms with Gasteiger partial charge in [0.15, 0.2) is 5.60 Å². The third-order valence-electron chi connectivity index (χ3n) is 6.97. The van der Waals surface area contributed by atoms with Crippen molar-refractivity contribution in [2.75, 3.05) is 4.90 Å². The first-order valence-electron chi connectivity index (χ1n) is 12.1. The summed E-state index contributed by atoms with van der Waals surface area (Å²) < 4.78 is 5.95. The van der Waals surface area contributed by atoms with Crippen molar-refractivity contribution < 1.29 is 14.3 Å². The summed E-state index contributed by atoms with van der Waals surface area (Å²) >= 11 is 6.05. The summed E-state index contributed by atoms with van der Waals surface area (Å²) in [7, 11) is 0. The van der Waals surface area contributed by atoms with Crippen LogP contribution in [0.25, 0.3) is 0 Å². The van der Waals surface area contributed by atoms with Gasteiger partial charge in [0.2, 0.25) is 0 Å². The number of anilines is 1. The quantitative estimate of drug-likeness (QED) is 0.620. The number of amides is 2. The average molecular weight is 483 g/mol. The molecule has 3 fully saturated rings. The van der Waals surface area contributed by atoms with Crippen LogP contribution in [-0.2, 0) is 4.79 Å². The summed E-state index contributed by atoms with van der Waals surface area (Å²) in [5, 5.41) is 6.79. The van der Waals surface area contributed by atoms with Crippen LogP contribution in [0.1, 0.15) is 62.7 Å². The van der Waals surface area contributed by atoms with Crippen LogP contribution < -0.4 is 20.3 Å². The van der Waals surface area contributed by atoms with Crippen LogP contribution in [0.2, 0.25) is 5.02 Å². The number of piperidine rings is 1. The maximum Gasteiger partial charge on any atom is 0.263 e. The molecular weight excluding hydrogens is 452 g/mol. The van der Waals surface area contributed by atoms with Gasteiger partial charge in [-0.15, -0.1) is 0 Å². The van der Waals surface area contributed by atoms with Gasteiger partial charge >= 0.3 is 0 Å². The number of pyridine rings is 1. The Balaban J connectivity index is 1.19. The van der Waals surface area contributed by atoms with E-state index < -0.39 is 5.60 Å². The van der Waals surface area contributed by atoms with Gasteiger partial charge in [-0.1, -0.05) is 17.7 Å². The molecule has 3 atom stereocenters. The molecule has 1 saturated carbocycles. The number of rotatable bonds is 7. The number of nitrogens with zero attached hydrogens (tertiary/aromatic N) is 2. The SMILES string of the molecule is CC(C)(Oc1cccc(Cl)c1)C(=O)NC1C[C@H]2CC[C@@H](C1)N2c1ccc(C(=O)NC2CC2)cn1. The molecule has 7 nitrogen and oxygen atoms in total. The number of carbonyl (C=O) groups excluding carboxylic acids is 2. The Labute approximate surface area is 205 Å². The van der Waals surface area contributed by atoms with Crippen molar-refractivity contribution in [1.29, 1.82) is 0 Å². The van der Waals surface area contributed by atoms with Crippen molar-refractivity contribution in [3.8, 4) is 5.75 Å². The highest BCUT2D eigenvalue weighted by Crippen LogP contribution is 2.39. The summed E-state index contributed by atoms with van der Waals surface area (Å²) in [6, 6.07) is 12.0. The number of benzene rings is 1. The van der Waals surface area contributed by atoms with E-state index in [9.17, 15) is 9.59 Å². The lowest BCUT2D eigenvalue weighted by Crippen LogP contribution is -2.55. The number of hydrogen-bond donors (Lipinski definition) is 2. The van der Waals surface area contributed by atoms with Gasteiger partial charge in [0, 0.05) is 35.4 Å². The minimum Gasteiger partial charge on any atom is -0.478 e. The van der Waals surface area contributed by atoms with Gasteiger partial charge in [0.25, 0.3) is 11.8 Å². The highest BCUT2D eigenvalue weighted by atomic mass is 35.5. The molecule has 2 saturated heterocycles. The van der Waals surface area contributed by atoms with Crippen molar-refractivity contribution in [2.24, 2.45) is 0 Å². The summed E-state index contributed by atoms with van der Waals surface area (Å²) in [5.74, 6) is 1.30. The molecular formula is C26H31ClN4O3. The van der Waals surface area contributed by atoms with Crippen LogP contribution in [-0.4, -0.2) is 46.6 Å². The second kappa shape index (κ2) is 9.10. The highest BCUT2D eigenvalue weighted by molar-refractivity contribution is 6.30. The fraction of sp³-hybridized carbons (Fsp3) is 0.500. The molecule has 2 aliphatic heterocycles. The predicted octanol–water partition coefficient (Wildman–Crippen LogP) is 4.10. The lowest BCUT2D eigenvalue weighted by molar-refractivity contribution is -0.135. The van der Waals surface area contributed by atoms with Gasteiger partial charge in [-0.05, 0) is 82.7 Å². The predicted molar refractivity (Wildman–Crippen MR) is 131 cm³/mol. The zero-order chi connectivity index (χ0) is 23.9. The number of nitrogens with one attached hydrogen (secondary N) is 2. The topological polar surface area (TPSA) is 83.6 Å². The van der Waals surface area contributed by atoms with Crippen LogP contribution in [0.3, 0.4) is 0 Å². The largest absolute Gasteiger partial charge is 0.478 e. The van der Waals surface area contributed by atoms with Crippen LogP contribution in [0, 0.1) is 0 Å². The number of fused-ring (bicyclic) bond motifs is 2. The Hall–Kier alpha value is -2.80. The van der Waals surface area contributed by atoms with Crippen molar-refractivity contribution in [3.05, 3.63) is 53.2 Å². The van der Waals surface area contributed by atoms with Crippen molar-refractivity contribution in [2.45, 2.75) is 82.1 Å². The average Bonchev–Trinajstić information content (AvgIpc) is 3.56. The van der Waals surface area contributed by atoms with Crippen LogP contribution >= 0.6 is 11.6 Å². The molecule has 1 aromatic heterocycles. The molecule has 8 heteroatoms. The van der Waals surface area contributed by atoms with Crippen LogP contribution in [0.15, 0.2) is 42.6 Å². The number of hydrogen-bond acceptors (Lipinski definition) is 5. The van der Waals surface area contributed by atoms with Gasteiger partial charge < -0.3 is 20.3 Å². The Bertz CT molecular complexity index is 1060. The van der Waals surface area contributed by atoms with Crippen molar-refractivity contribution >= 4 is 29.2 Å². The molecule has 2 bridgehead atoms. The lowest BCUT2D eigenvalue weighted by atomic mass is 9.96. The normalized spacial score (nSPS) is 24.0. The lowest BCUT2D eigenvalue weighted by Gasteiger charge is -2.40. The molecule has 34 heavy (non-hydrogen) atoms. The van der Waals surface area contributed by atoms with E-state index in [4.69, 9.17) is 16.3 Å². The van der Waals surface area contributed by atoms with E-state index in [0.717, 1.165) is 44.3 Å². The van der Waals surface area contributed by atoms with Crippen LogP contribution in [0.4, 0.5) is 5.82 Å². The first-order valence-corrected chi connectivity index (χ1v) is 12.5. The molecule has 5 rings (SSSR count). The Morgan fingerprint density at radius 3 is 2.38 bits per heavy atom. The van der Waals surface area contributed by atoms with Gasteiger partial charge in [0.1, 0.15) is 11.6 Å². The second-order valence-corrected chi connectivity index (χ2v) is 10.6. The maximum atomic E-state index is 13.1. The van der Waals surface area contributed by atoms with Gasteiger partial charge in [-0.2, -0.15) is 0 Å². The molecule has 0 radical (unpaired) electrons. The first-order chi connectivity index (χ1) is 16.3. The van der Waals surface area contributed by atoms with Gasteiger partial charge in [-0.25, -0.2) is 4.98 Å². The summed E-state index contributed by atoms with van der Waals surface area (Å²) in [6.07, 6.45) is 7.68. The first kappa shape index (κ1) is 23.0. The molecule has 3 aliphatic rings. The number of halogens is 1.